The van der Waals surface area contributed by atoms with Crippen LogP contribution in [0, 0.1) is 11.3 Å². The summed E-state index contributed by atoms with van der Waals surface area (Å²) in [6, 6.07) is 64.0. The molecule has 0 aromatic heterocycles. The smallest absolute Gasteiger partial charge is 0.346 e. The number of benzene rings is 8. The van der Waals surface area contributed by atoms with E-state index in [1.54, 1.807) is 6.07 Å². The van der Waals surface area contributed by atoms with E-state index >= 15 is 0 Å². The minimum Gasteiger partial charge on any atom is -0.477 e. The molecule has 5 heteroatoms. The minimum absolute atomic E-state index is 0.235. The second-order valence-corrected chi connectivity index (χ2v) is 14.8. The number of carbonyl (C=O) groups is 1. The molecule has 5 nitrogen and oxygen atoms in total. The number of nitrogens with zero attached hydrogens (tertiary/aromatic N) is 3. The van der Waals surface area contributed by atoms with Gasteiger partial charge in [-0.05, 0) is 118 Å². The lowest BCUT2D eigenvalue weighted by Gasteiger charge is -2.33. The van der Waals surface area contributed by atoms with Crippen LogP contribution in [0.4, 0.5) is 34.1 Å². The van der Waals surface area contributed by atoms with Gasteiger partial charge in [0.15, 0.2) is 0 Å². The van der Waals surface area contributed by atoms with E-state index in [0.29, 0.717) is 5.56 Å². The Bertz CT molecular complexity index is 2910. The number of para-hydroxylation sites is 1. The van der Waals surface area contributed by atoms with Crippen LogP contribution < -0.4 is 9.80 Å². The molecule has 1 aliphatic carbocycles. The van der Waals surface area contributed by atoms with E-state index in [-0.39, 0.29) is 11.0 Å². The molecule has 0 unspecified atom stereocenters. The Morgan fingerprint density at radius 2 is 1.02 bits per heavy atom. The third-order valence-electron chi connectivity index (χ3n) is 11.9. The Balaban J connectivity index is 1.20. The van der Waals surface area contributed by atoms with Crippen LogP contribution in [-0.4, -0.2) is 11.1 Å². The number of nitriles is 1. The van der Waals surface area contributed by atoms with Crippen LogP contribution in [0.15, 0.2) is 181 Å². The third-order valence-corrected chi connectivity index (χ3v) is 11.9. The summed E-state index contributed by atoms with van der Waals surface area (Å²) in [6.07, 6.45) is 3.26. The summed E-state index contributed by atoms with van der Waals surface area (Å²) in [5, 5.41) is 23.5. The fourth-order valence-corrected chi connectivity index (χ4v) is 9.03. The molecule has 0 bridgehead atoms. The van der Waals surface area contributed by atoms with E-state index < -0.39 is 5.97 Å². The molecule has 1 N–H and O–H groups in total. The summed E-state index contributed by atoms with van der Waals surface area (Å²) in [4.78, 5) is 16.3. The van der Waals surface area contributed by atoms with Gasteiger partial charge < -0.3 is 14.9 Å². The lowest BCUT2D eigenvalue weighted by Crippen LogP contribution is -2.24. The molecule has 0 saturated carbocycles. The SMILES string of the molecule is CCC1(CC)c2cc(N(c3ccccc3)c3cccc4ccccc34)ccc2-c2ccc(N(c3ccc(/C=C(/C#N)C(=O)O)cc3)c3cccc4ccccc34)cc21. The number of carboxylic acid groups (broad SMARTS) is 1. The summed E-state index contributed by atoms with van der Waals surface area (Å²) in [5.74, 6) is -1.24. The Kier molecular flexibility index (Phi) is 9.32. The van der Waals surface area contributed by atoms with Crippen molar-refractivity contribution in [1.29, 1.82) is 5.26 Å². The molecule has 0 spiro atoms. The Morgan fingerprint density at radius 1 is 0.569 bits per heavy atom. The maximum atomic E-state index is 11.6. The van der Waals surface area contributed by atoms with Gasteiger partial charge in [0.1, 0.15) is 11.6 Å². The summed E-state index contributed by atoms with van der Waals surface area (Å²) in [5.41, 5.74) is 11.6. The first-order valence-electron chi connectivity index (χ1n) is 19.8. The Labute approximate surface area is 339 Å². The topological polar surface area (TPSA) is 67.6 Å². The van der Waals surface area contributed by atoms with E-state index in [0.717, 1.165) is 57.7 Å². The van der Waals surface area contributed by atoms with Gasteiger partial charge in [0.05, 0.1) is 11.4 Å². The van der Waals surface area contributed by atoms with E-state index in [4.69, 9.17) is 0 Å². The van der Waals surface area contributed by atoms with Crippen LogP contribution in [0.1, 0.15) is 43.4 Å². The Hall–Kier alpha value is -7.42. The van der Waals surface area contributed by atoms with Gasteiger partial charge in [0.25, 0.3) is 0 Å². The maximum absolute atomic E-state index is 11.6. The average Bonchev–Trinajstić information content (AvgIpc) is 3.55. The van der Waals surface area contributed by atoms with Crippen molar-refractivity contribution >= 4 is 67.7 Å². The maximum Gasteiger partial charge on any atom is 0.346 e. The second-order valence-electron chi connectivity index (χ2n) is 14.8. The van der Waals surface area contributed by atoms with E-state index in [1.165, 1.54) is 39.1 Å². The van der Waals surface area contributed by atoms with Crippen molar-refractivity contribution in [2.45, 2.75) is 32.1 Å². The van der Waals surface area contributed by atoms with Crippen molar-refractivity contribution in [1.82, 2.24) is 0 Å². The van der Waals surface area contributed by atoms with Gasteiger partial charge in [-0.3, -0.25) is 0 Å². The highest BCUT2D eigenvalue weighted by molar-refractivity contribution is 6.01. The largest absolute Gasteiger partial charge is 0.477 e. The van der Waals surface area contributed by atoms with Crippen LogP contribution in [0.2, 0.25) is 0 Å². The van der Waals surface area contributed by atoms with Gasteiger partial charge in [0.2, 0.25) is 0 Å². The quantitative estimate of drug-likeness (QED) is 0.111. The number of hydrogen-bond donors (Lipinski definition) is 1. The van der Waals surface area contributed by atoms with E-state index in [9.17, 15) is 15.2 Å². The van der Waals surface area contributed by atoms with Crippen molar-refractivity contribution in [2.75, 3.05) is 9.80 Å². The highest BCUT2D eigenvalue weighted by atomic mass is 16.4. The van der Waals surface area contributed by atoms with Crippen molar-refractivity contribution in [3.05, 3.63) is 198 Å². The summed E-state index contributed by atoms with van der Waals surface area (Å²) >= 11 is 0. The number of aliphatic carboxylic acids is 1. The fourth-order valence-electron chi connectivity index (χ4n) is 9.03. The normalized spacial score (nSPS) is 12.8. The first-order valence-corrected chi connectivity index (χ1v) is 19.8. The molecular formula is C53H41N3O2. The van der Waals surface area contributed by atoms with Gasteiger partial charge >= 0.3 is 5.97 Å². The standard InChI is InChI=1S/C53H41N3O2/c1-3-53(4-2)48-33-42(55(40-18-6-5-7-19-40)50-22-12-16-37-14-8-10-20-44(37)50)28-30-46(48)47-31-29-43(34-49(47)53)56(51-23-13-17-38-15-9-11-21-45(38)51)41-26-24-36(25-27-41)32-39(35-54)52(57)58/h5-34H,3-4H2,1-2H3,(H,57,58)/b39-32-. The predicted octanol–water partition coefficient (Wildman–Crippen LogP) is 14.0. The van der Waals surface area contributed by atoms with E-state index in [1.807, 2.05) is 24.3 Å². The van der Waals surface area contributed by atoms with Crippen LogP contribution in [0.25, 0.3) is 38.7 Å². The number of hydrogen-bond acceptors (Lipinski definition) is 4. The fraction of sp³-hybridized carbons (Fsp3) is 0.0943. The van der Waals surface area contributed by atoms with Crippen LogP contribution in [-0.2, 0) is 10.2 Å². The highest BCUT2D eigenvalue weighted by Crippen LogP contribution is 2.56. The molecule has 8 aromatic rings. The minimum atomic E-state index is -1.24. The molecule has 8 aromatic carbocycles. The van der Waals surface area contributed by atoms with Crippen molar-refractivity contribution < 1.29 is 9.90 Å². The lowest BCUT2D eigenvalue weighted by molar-refractivity contribution is -0.132. The molecule has 0 atom stereocenters. The zero-order chi connectivity index (χ0) is 39.8. The third kappa shape index (κ3) is 6.07. The first kappa shape index (κ1) is 36.2. The van der Waals surface area contributed by atoms with Gasteiger partial charge in [0, 0.05) is 38.9 Å². The van der Waals surface area contributed by atoms with Gasteiger partial charge in [-0.15, -0.1) is 0 Å². The zero-order valence-electron chi connectivity index (χ0n) is 32.4. The van der Waals surface area contributed by atoms with Crippen LogP contribution >= 0.6 is 0 Å². The van der Waals surface area contributed by atoms with Crippen molar-refractivity contribution in [3.63, 3.8) is 0 Å². The molecule has 0 saturated heterocycles. The Morgan fingerprint density at radius 3 is 1.50 bits per heavy atom. The predicted molar refractivity (Wildman–Crippen MR) is 239 cm³/mol. The molecule has 0 aliphatic heterocycles. The molecule has 1 aliphatic rings. The molecule has 0 heterocycles. The monoisotopic (exact) mass is 751 g/mol. The summed E-state index contributed by atoms with van der Waals surface area (Å²) in [7, 11) is 0. The van der Waals surface area contributed by atoms with Gasteiger partial charge in [-0.1, -0.05) is 129 Å². The molecular weight excluding hydrogens is 711 g/mol. The first-order chi connectivity index (χ1) is 28.4. The molecule has 0 amide bonds. The number of rotatable bonds is 10. The lowest BCUT2D eigenvalue weighted by atomic mass is 9.73. The zero-order valence-corrected chi connectivity index (χ0v) is 32.4. The van der Waals surface area contributed by atoms with Crippen molar-refractivity contribution in [2.24, 2.45) is 0 Å². The van der Waals surface area contributed by atoms with E-state index in [2.05, 4.69) is 175 Å². The second kappa shape index (κ2) is 14.9. The molecule has 0 fully saturated rings. The number of fused-ring (bicyclic) bond motifs is 5. The molecule has 0 radical (unpaired) electrons. The number of carboxylic acids is 1. The molecule has 9 rings (SSSR count). The van der Waals surface area contributed by atoms with Gasteiger partial charge in [-0.25, -0.2) is 4.79 Å². The van der Waals surface area contributed by atoms with Crippen LogP contribution in [0.3, 0.4) is 0 Å². The van der Waals surface area contributed by atoms with Gasteiger partial charge in [-0.2, -0.15) is 5.26 Å². The molecule has 280 valence electrons. The number of anilines is 6. The van der Waals surface area contributed by atoms with Crippen LogP contribution in [0.5, 0.6) is 0 Å². The van der Waals surface area contributed by atoms with Crippen molar-refractivity contribution in [3.8, 4) is 17.2 Å². The molecule has 58 heavy (non-hydrogen) atoms. The average molecular weight is 752 g/mol. The highest BCUT2D eigenvalue weighted by Gasteiger charge is 2.41. The summed E-state index contributed by atoms with van der Waals surface area (Å²) in [6.45, 7) is 4.62. The summed E-state index contributed by atoms with van der Waals surface area (Å²) < 4.78 is 0.